The second kappa shape index (κ2) is 5.87. The van der Waals surface area contributed by atoms with Crippen molar-refractivity contribution in [2.45, 2.75) is 46.2 Å². The van der Waals surface area contributed by atoms with E-state index < -0.39 is 5.97 Å². The van der Waals surface area contributed by atoms with Crippen LogP contribution in [-0.2, 0) is 6.54 Å². The maximum Gasteiger partial charge on any atom is 0.371 e. The quantitative estimate of drug-likeness (QED) is 0.829. The smallest absolute Gasteiger partial charge is 0.371 e. The molecule has 17 heavy (non-hydrogen) atoms. The van der Waals surface area contributed by atoms with Crippen molar-refractivity contribution >= 4 is 5.97 Å². The first-order chi connectivity index (χ1) is 7.99. The minimum atomic E-state index is -1.01. The number of nitrogens with zero attached hydrogens (tertiary/aromatic N) is 1. The maximum atomic E-state index is 10.8. The Morgan fingerprint density at radius 2 is 2.06 bits per heavy atom. The van der Waals surface area contributed by atoms with Gasteiger partial charge in [0.1, 0.15) is 5.76 Å². The molecule has 1 N–H and O–H groups in total. The van der Waals surface area contributed by atoms with Crippen LogP contribution in [0.25, 0.3) is 0 Å². The molecular weight excluding hydrogens is 218 g/mol. The van der Waals surface area contributed by atoms with Gasteiger partial charge >= 0.3 is 5.97 Å². The van der Waals surface area contributed by atoms with Crippen LogP contribution in [0.5, 0.6) is 0 Å². The lowest BCUT2D eigenvalue weighted by molar-refractivity contribution is 0.0661. The summed E-state index contributed by atoms with van der Waals surface area (Å²) in [6.07, 6.45) is 2.19. The van der Waals surface area contributed by atoms with E-state index in [0.717, 1.165) is 24.9 Å². The molecule has 0 saturated heterocycles. The fourth-order valence-electron chi connectivity index (χ4n) is 2.09. The van der Waals surface area contributed by atoms with E-state index in [1.165, 1.54) is 0 Å². The van der Waals surface area contributed by atoms with Crippen molar-refractivity contribution in [2.24, 2.45) is 0 Å². The summed E-state index contributed by atoms with van der Waals surface area (Å²) in [5.41, 5.74) is 0.955. The Kier molecular flexibility index (Phi) is 4.75. The number of hydrogen-bond donors (Lipinski definition) is 1. The van der Waals surface area contributed by atoms with E-state index in [2.05, 4.69) is 25.8 Å². The Hall–Kier alpha value is -1.29. The van der Waals surface area contributed by atoms with Gasteiger partial charge in [0.05, 0.1) is 0 Å². The summed E-state index contributed by atoms with van der Waals surface area (Å²) in [5, 5.41) is 8.85. The standard InChI is InChI=1S/C13H21NO3/c1-5-11(6-2)14(4)8-10-7-12(13(15)16)17-9(10)3/h7,11H,5-6,8H2,1-4H3,(H,15,16). The predicted octanol–water partition coefficient (Wildman–Crippen LogP) is 2.91. The molecule has 1 rings (SSSR count). The van der Waals surface area contributed by atoms with E-state index in [9.17, 15) is 4.79 Å². The largest absolute Gasteiger partial charge is 0.475 e. The highest BCUT2D eigenvalue weighted by atomic mass is 16.4. The predicted molar refractivity (Wildman–Crippen MR) is 66.2 cm³/mol. The minimum absolute atomic E-state index is 0.0236. The van der Waals surface area contributed by atoms with Gasteiger partial charge in [-0.1, -0.05) is 13.8 Å². The Morgan fingerprint density at radius 1 is 1.47 bits per heavy atom. The second-order valence-electron chi connectivity index (χ2n) is 4.38. The number of furan rings is 1. The number of aryl methyl sites for hydroxylation is 1. The molecule has 1 heterocycles. The van der Waals surface area contributed by atoms with E-state index >= 15 is 0 Å². The van der Waals surface area contributed by atoms with Crippen LogP contribution in [0.2, 0.25) is 0 Å². The third kappa shape index (κ3) is 3.33. The van der Waals surface area contributed by atoms with Gasteiger partial charge in [-0.3, -0.25) is 4.90 Å². The lowest BCUT2D eigenvalue weighted by Gasteiger charge is -2.25. The average Bonchev–Trinajstić information content (AvgIpc) is 2.62. The number of carboxylic acid groups (broad SMARTS) is 1. The molecule has 0 spiro atoms. The Labute approximate surface area is 102 Å². The zero-order chi connectivity index (χ0) is 13.0. The zero-order valence-corrected chi connectivity index (χ0v) is 11.0. The number of carbonyl (C=O) groups is 1. The highest BCUT2D eigenvalue weighted by Crippen LogP contribution is 2.18. The normalized spacial score (nSPS) is 11.4. The third-order valence-corrected chi connectivity index (χ3v) is 3.22. The first-order valence-electron chi connectivity index (χ1n) is 6.02. The van der Waals surface area contributed by atoms with Crippen LogP contribution in [0.3, 0.4) is 0 Å². The first-order valence-corrected chi connectivity index (χ1v) is 6.02. The molecule has 4 heteroatoms. The highest BCUT2D eigenvalue weighted by molar-refractivity contribution is 5.84. The monoisotopic (exact) mass is 239 g/mol. The molecular formula is C13H21NO3. The summed E-state index contributed by atoms with van der Waals surface area (Å²) < 4.78 is 5.20. The summed E-state index contributed by atoms with van der Waals surface area (Å²) in [7, 11) is 2.06. The van der Waals surface area contributed by atoms with Crippen LogP contribution in [0, 0.1) is 6.92 Å². The minimum Gasteiger partial charge on any atom is -0.475 e. The van der Waals surface area contributed by atoms with Gasteiger partial charge in [-0.05, 0) is 32.9 Å². The van der Waals surface area contributed by atoms with Crippen molar-refractivity contribution in [2.75, 3.05) is 7.05 Å². The summed E-state index contributed by atoms with van der Waals surface area (Å²) in [4.78, 5) is 13.0. The second-order valence-corrected chi connectivity index (χ2v) is 4.38. The van der Waals surface area contributed by atoms with Crippen LogP contribution < -0.4 is 0 Å². The van der Waals surface area contributed by atoms with Gasteiger partial charge in [0, 0.05) is 18.2 Å². The highest BCUT2D eigenvalue weighted by Gasteiger charge is 2.17. The van der Waals surface area contributed by atoms with Crippen LogP contribution in [0.1, 0.15) is 48.6 Å². The molecule has 0 bridgehead atoms. The number of carboxylic acids is 1. The van der Waals surface area contributed by atoms with E-state index in [1.807, 2.05) is 6.92 Å². The molecule has 0 unspecified atom stereocenters. The van der Waals surface area contributed by atoms with E-state index in [0.29, 0.717) is 11.8 Å². The third-order valence-electron chi connectivity index (χ3n) is 3.22. The van der Waals surface area contributed by atoms with Gasteiger partial charge in [0.2, 0.25) is 5.76 Å². The van der Waals surface area contributed by atoms with Gasteiger partial charge < -0.3 is 9.52 Å². The Morgan fingerprint density at radius 3 is 2.47 bits per heavy atom. The van der Waals surface area contributed by atoms with Crippen LogP contribution in [0.15, 0.2) is 10.5 Å². The SMILES string of the molecule is CCC(CC)N(C)Cc1cc(C(=O)O)oc1C. The van der Waals surface area contributed by atoms with E-state index in [-0.39, 0.29) is 5.76 Å². The van der Waals surface area contributed by atoms with Crippen LogP contribution in [0.4, 0.5) is 0 Å². The van der Waals surface area contributed by atoms with Crippen molar-refractivity contribution in [3.05, 3.63) is 23.2 Å². The van der Waals surface area contributed by atoms with Gasteiger partial charge in [-0.15, -0.1) is 0 Å². The summed E-state index contributed by atoms with van der Waals surface area (Å²) >= 11 is 0. The van der Waals surface area contributed by atoms with Crippen molar-refractivity contribution in [1.29, 1.82) is 0 Å². The molecule has 0 aromatic carbocycles. The first kappa shape index (κ1) is 13.8. The van der Waals surface area contributed by atoms with Crippen LogP contribution in [-0.4, -0.2) is 29.1 Å². The van der Waals surface area contributed by atoms with E-state index in [4.69, 9.17) is 9.52 Å². The summed E-state index contributed by atoms with van der Waals surface area (Å²) in [6, 6.07) is 2.15. The zero-order valence-electron chi connectivity index (χ0n) is 11.0. The van der Waals surface area contributed by atoms with Gasteiger partial charge in [-0.25, -0.2) is 4.79 Å². The molecule has 0 fully saturated rings. The molecule has 0 saturated carbocycles. The summed E-state index contributed by atoms with van der Waals surface area (Å²) in [6.45, 7) is 6.86. The molecule has 0 amide bonds. The van der Waals surface area contributed by atoms with Gasteiger partial charge in [0.25, 0.3) is 0 Å². The lowest BCUT2D eigenvalue weighted by Crippen LogP contribution is -2.30. The van der Waals surface area contributed by atoms with Crippen molar-refractivity contribution < 1.29 is 14.3 Å². The van der Waals surface area contributed by atoms with Crippen molar-refractivity contribution in [3.8, 4) is 0 Å². The molecule has 4 nitrogen and oxygen atoms in total. The molecule has 0 atom stereocenters. The number of aromatic carboxylic acids is 1. The molecule has 0 aliphatic rings. The Bertz CT molecular complexity index is 380. The number of hydrogen-bond acceptors (Lipinski definition) is 3. The topological polar surface area (TPSA) is 53.7 Å². The van der Waals surface area contributed by atoms with E-state index in [1.54, 1.807) is 6.07 Å². The average molecular weight is 239 g/mol. The fourth-order valence-corrected chi connectivity index (χ4v) is 2.09. The summed E-state index contributed by atoms with van der Waals surface area (Å²) in [5.74, 6) is -0.291. The van der Waals surface area contributed by atoms with Crippen LogP contribution >= 0.6 is 0 Å². The lowest BCUT2D eigenvalue weighted by atomic mass is 10.1. The molecule has 0 aliphatic heterocycles. The van der Waals surface area contributed by atoms with Crippen molar-refractivity contribution in [3.63, 3.8) is 0 Å². The molecule has 0 aliphatic carbocycles. The van der Waals surface area contributed by atoms with Crippen molar-refractivity contribution in [1.82, 2.24) is 4.90 Å². The maximum absolute atomic E-state index is 10.8. The van der Waals surface area contributed by atoms with Gasteiger partial charge in [0.15, 0.2) is 0 Å². The molecule has 1 aromatic heterocycles. The molecule has 0 radical (unpaired) electrons. The fraction of sp³-hybridized carbons (Fsp3) is 0.615. The van der Waals surface area contributed by atoms with Gasteiger partial charge in [-0.2, -0.15) is 0 Å². The molecule has 1 aromatic rings. The number of rotatable bonds is 6. The Balaban J connectivity index is 2.77. The molecule has 96 valence electrons.